The van der Waals surface area contributed by atoms with Crippen LogP contribution in [0.15, 0.2) is 12.1 Å². The summed E-state index contributed by atoms with van der Waals surface area (Å²) in [6.07, 6.45) is 0.0612. The third kappa shape index (κ3) is 2.25. The Kier molecular flexibility index (Phi) is 3.31. The van der Waals surface area contributed by atoms with E-state index in [2.05, 4.69) is 4.98 Å². The van der Waals surface area contributed by atoms with Crippen LogP contribution in [0, 0.1) is 17.5 Å². The van der Waals surface area contributed by atoms with Gasteiger partial charge in [0.05, 0.1) is 23.7 Å². The largest absolute Gasteiger partial charge is 0.380 e. The standard InChI is InChI=1S/C12H15FN2OS/c1-7-4-11-10(5-9(7)13)14-12(17)15(11)6-8(2)16-3/h4-5,8H,6H2,1-3H3,(H,14,17). The van der Waals surface area contributed by atoms with E-state index in [0.29, 0.717) is 16.9 Å². The van der Waals surface area contributed by atoms with Crippen LogP contribution in [-0.4, -0.2) is 22.8 Å². The maximum Gasteiger partial charge on any atom is 0.178 e. The van der Waals surface area contributed by atoms with Crippen molar-refractivity contribution in [2.75, 3.05) is 7.11 Å². The average Bonchev–Trinajstić information content (AvgIpc) is 2.56. The molecule has 0 saturated carbocycles. The molecule has 0 fully saturated rings. The molecule has 0 aliphatic heterocycles. The first kappa shape index (κ1) is 12.3. The summed E-state index contributed by atoms with van der Waals surface area (Å²) in [6, 6.07) is 3.29. The Bertz CT molecular complexity index is 602. The molecule has 0 aliphatic rings. The van der Waals surface area contributed by atoms with E-state index in [-0.39, 0.29) is 11.9 Å². The van der Waals surface area contributed by atoms with Gasteiger partial charge in [0.2, 0.25) is 0 Å². The summed E-state index contributed by atoms with van der Waals surface area (Å²) in [5, 5.41) is 0. The molecule has 1 unspecified atom stereocenters. The summed E-state index contributed by atoms with van der Waals surface area (Å²) in [4.78, 5) is 3.01. The second kappa shape index (κ2) is 4.58. The summed E-state index contributed by atoms with van der Waals surface area (Å²) in [5.41, 5.74) is 2.25. The monoisotopic (exact) mass is 254 g/mol. The van der Waals surface area contributed by atoms with Crippen molar-refractivity contribution in [2.45, 2.75) is 26.5 Å². The first-order valence-electron chi connectivity index (χ1n) is 5.44. The van der Waals surface area contributed by atoms with Gasteiger partial charge in [-0.25, -0.2) is 4.39 Å². The third-order valence-electron chi connectivity index (χ3n) is 2.90. The number of hydrogen-bond donors (Lipinski definition) is 1. The van der Waals surface area contributed by atoms with Crippen LogP contribution in [-0.2, 0) is 11.3 Å². The minimum Gasteiger partial charge on any atom is -0.380 e. The number of nitrogens with one attached hydrogen (secondary N) is 1. The van der Waals surface area contributed by atoms with Crippen molar-refractivity contribution in [3.8, 4) is 0 Å². The lowest BCUT2D eigenvalue weighted by atomic mass is 10.2. The van der Waals surface area contributed by atoms with Gasteiger partial charge in [-0.2, -0.15) is 0 Å². The number of imidazole rings is 1. The fraction of sp³-hybridized carbons (Fsp3) is 0.417. The number of methoxy groups -OCH3 is 1. The van der Waals surface area contributed by atoms with E-state index in [1.54, 1.807) is 20.1 Å². The minimum atomic E-state index is -0.222. The summed E-state index contributed by atoms with van der Waals surface area (Å²) in [6.45, 7) is 4.37. The molecule has 2 rings (SSSR count). The Hall–Kier alpha value is -1.20. The number of aromatic nitrogens is 2. The zero-order valence-corrected chi connectivity index (χ0v) is 10.9. The van der Waals surface area contributed by atoms with Crippen LogP contribution >= 0.6 is 12.2 Å². The van der Waals surface area contributed by atoms with E-state index in [9.17, 15) is 4.39 Å². The number of ether oxygens (including phenoxy) is 1. The van der Waals surface area contributed by atoms with Crippen molar-refractivity contribution in [3.05, 3.63) is 28.3 Å². The third-order valence-corrected chi connectivity index (χ3v) is 3.22. The molecule has 0 aliphatic carbocycles. The van der Waals surface area contributed by atoms with Gasteiger partial charge >= 0.3 is 0 Å². The molecule has 5 heteroatoms. The van der Waals surface area contributed by atoms with E-state index in [4.69, 9.17) is 17.0 Å². The molecule has 1 heterocycles. The summed E-state index contributed by atoms with van der Waals surface area (Å²) < 4.78 is 21.2. The zero-order valence-electron chi connectivity index (χ0n) is 10.1. The molecule has 0 spiro atoms. The van der Waals surface area contributed by atoms with Gasteiger partial charge in [0.15, 0.2) is 4.77 Å². The molecule has 0 amide bonds. The van der Waals surface area contributed by atoms with Crippen LogP contribution in [0.25, 0.3) is 11.0 Å². The molecule has 1 aromatic heterocycles. The lowest BCUT2D eigenvalue weighted by molar-refractivity contribution is 0.104. The number of H-pyrrole nitrogens is 1. The van der Waals surface area contributed by atoms with Gasteiger partial charge in [-0.3, -0.25) is 0 Å². The maximum atomic E-state index is 13.4. The topological polar surface area (TPSA) is 29.9 Å². The smallest absolute Gasteiger partial charge is 0.178 e. The van der Waals surface area contributed by atoms with Crippen molar-refractivity contribution in [2.24, 2.45) is 0 Å². The molecule has 2 aromatic rings. The number of aromatic amines is 1. The van der Waals surface area contributed by atoms with Crippen molar-refractivity contribution in [3.63, 3.8) is 0 Å². The number of aryl methyl sites for hydroxylation is 1. The lowest BCUT2D eigenvalue weighted by Crippen LogP contribution is -2.14. The fourth-order valence-corrected chi connectivity index (χ4v) is 2.08. The van der Waals surface area contributed by atoms with E-state index in [1.807, 2.05) is 11.5 Å². The van der Waals surface area contributed by atoms with Gasteiger partial charge in [-0.15, -0.1) is 0 Å². The highest BCUT2D eigenvalue weighted by Crippen LogP contribution is 2.19. The molecule has 1 N–H and O–H groups in total. The Morgan fingerprint density at radius 2 is 2.24 bits per heavy atom. The highest BCUT2D eigenvalue weighted by atomic mass is 32.1. The first-order valence-corrected chi connectivity index (χ1v) is 5.85. The molecule has 92 valence electrons. The Labute approximate surface area is 104 Å². The van der Waals surface area contributed by atoms with Crippen LogP contribution in [0.5, 0.6) is 0 Å². The molecule has 1 aromatic carbocycles. The van der Waals surface area contributed by atoms with Gasteiger partial charge in [-0.1, -0.05) is 0 Å². The number of benzene rings is 1. The van der Waals surface area contributed by atoms with Gasteiger partial charge in [0.1, 0.15) is 5.82 Å². The number of halogens is 1. The van der Waals surface area contributed by atoms with Crippen LogP contribution in [0.2, 0.25) is 0 Å². The quantitative estimate of drug-likeness (QED) is 0.853. The molecule has 1 atom stereocenters. The Balaban J connectivity index is 2.58. The molecular weight excluding hydrogens is 239 g/mol. The van der Waals surface area contributed by atoms with Gasteiger partial charge in [0, 0.05) is 7.11 Å². The summed E-state index contributed by atoms with van der Waals surface area (Å²) in [7, 11) is 1.66. The van der Waals surface area contributed by atoms with E-state index >= 15 is 0 Å². The SMILES string of the molecule is COC(C)Cn1c(=S)[nH]c2cc(F)c(C)cc21. The first-order chi connectivity index (χ1) is 8.02. The second-order valence-corrected chi connectivity index (χ2v) is 4.59. The number of fused-ring (bicyclic) bond motifs is 1. The highest BCUT2D eigenvalue weighted by Gasteiger charge is 2.10. The summed E-state index contributed by atoms with van der Waals surface area (Å²) >= 11 is 5.24. The lowest BCUT2D eigenvalue weighted by Gasteiger charge is -2.11. The molecule has 0 bridgehead atoms. The summed E-state index contributed by atoms with van der Waals surface area (Å²) in [5.74, 6) is -0.222. The van der Waals surface area contributed by atoms with Crippen molar-refractivity contribution in [1.29, 1.82) is 0 Å². The molecule has 0 radical (unpaired) electrons. The van der Waals surface area contributed by atoms with E-state index < -0.39 is 0 Å². The van der Waals surface area contributed by atoms with Crippen LogP contribution in [0.3, 0.4) is 0 Å². The Morgan fingerprint density at radius 1 is 1.53 bits per heavy atom. The van der Waals surface area contributed by atoms with Crippen LogP contribution < -0.4 is 0 Å². The molecule has 17 heavy (non-hydrogen) atoms. The van der Waals surface area contributed by atoms with Crippen molar-refractivity contribution in [1.82, 2.24) is 9.55 Å². The predicted octanol–water partition coefficient (Wildman–Crippen LogP) is 3.18. The van der Waals surface area contributed by atoms with Gasteiger partial charge in [0.25, 0.3) is 0 Å². The van der Waals surface area contributed by atoms with Gasteiger partial charge in [-0.05, 0) is 43.8 Å². The Morgan fingerprint density at radius 3 is 2.88 bits per heavy atom. The fourth-order valence-electron chi connectivity index (χ4n) is 1.79. The minimum absolute atomic E-state index is 0.0612. The zero-order chi connectivity index (χ0) is 12.6. The van der Waals surface area contributed by atoms with Crippen LogP contribution in [0.1, 0.15) is 12.5 Å². The molecule has 0 saturated heterocycles. The number of rotatable bonds is 3. The van der Waals surface area contributed by atoms with Crippen LogP contribution in [0.4, 0.5) is 4.39 Å². The number of nitrogens with zero attached hydrogens (tertiary/aromatic N) is 1. The predicted molar refractivity (Wildman–Crippen MR) is 68.3 cm³/mol. The van der Waals surface area contributed by atoms with Crippen molar-refractivity contribution < 1.29 is 9.13 Å². The van der Waals surface area contributed by atoms with Crippen molar-refractivity contribution >= 4 is 23.3 Å². The maximum absolute atomic E-state index is 13.4. The second-order valence-electron chi connectivity index (χ2n) is 4.21. The average molecular weight is 254 g/mol. The highest BCUT2D eigenvalue weighted by molar-refractivity contribution is 7.71. The molecular formula is C12H15FN2OS. The normalized spacial score (nSPS) is 13.2. The number of hydrogen-bond acceptors (Lipinski definition) is 2. The van der Waals surface area contributed by atoms with E-state index in [0.717, 1.165) is 11.0 Å². The van der Waals surface area contributed by atoms with Gasteiger partial charge < -0.3 is 14.3 Å². The van der Waals surface area contributed by atoms with E-state index in [1.165, 1.54) is 6.07 Å². The molecule has 3 nitrogen and oxygen atoms in total.